The zero-order valence-electron chi connectivity index (χ0n) is 15.2. The van der Waals surface area contributed by atoms with Crippen molar-refractivity contribution in [3.05, 3.63) is 48.5 Å². The summed E-state index contributed by atoms with van der Waals surface area (Å²) in [7, 11) is 3.96. The summed E-state index contributed by atoms with van der Waals surface area (Å²) in [6.45, 7) is 2.89. The predicted octanol–water partition coefficient (Wildman–Crippen LogP) is 1.38. The van der Waals surface area contributed by atoms with Gasteiger partial charge in [-0.15, -0.1) is 0 Å². The van der Waals surface area contributed by atoms with Gasteiger partial charge >= 0.3 is 0 Å². The minimum atomic E-state index is -0.578. The van der Waals surface area contributed by atoms with Crippen LogP contribution in [0.4, 0.5) is 5.69 Å². The van der Waals surface area contributed by atoms with Gasteiger partial charge in [0.2, 0.25) is 0 Å². The number of para-hydroxylation sites is 1. The number of piperidine rings is 1. The van der Waals surface area contributed by atoms with E-state index in [1.807, 2.05) is 60.1 Å². The van der Waals surface area contributed by atoms with Crippen LogP contribution in [0, 0.1) is 0 Å². The lowest BCUT2D eigenvalue weighted by Gasteiger charge is -2.41. The fourth-order valence-electron chi connectivity index (χ4n) is 3.71. The number of nitrogens with zero attached hydrogens (tertiary/aromatic N) is 5. The molecule has 26 heavy (non-hydrogen) atoms. The summed E-state index contributed by atoms with van der Waals surface area (Å²) in [5.74, 6) is 0. The van der Waals surface area contributed by atoms with Crippen molar-refractivity contribution in [3.8, 4) is 0 Å². The molecule has 0 radical (unpaired) electrons. The van der Waals surface area contributed by atoms with Gasteiger partial charge in [-0.05, 0) is 12.1 Å². The summed E-state index contributed by atoms with van der Waals surface area (Å²) < 4.78 is 8.22. The molecular weight excluding hydrogens is 330 g/mol. The Morgan fingerprint density at radius 3 is 2.81 bits per heavy atom. The molecule has 7 nitrogen and oxygen atoms in total. The fourth-order valence-corrected chi connectivity index (χ4v) is 3.71. The molecule has 1 spiro atoms. The predicted molar refractivity (Wildman–Crippen MR) is 99.1 cm³/mol. The number of hydrogen-bond donors (Lipinski definition) is 1. The fraction of sp³-hybridized carbons (Fsp3) is 0.474. The normalized spacial score (nSPS) is 28.0. The molecule has 1 aromatic heterocycles. The van der Waals surface area contributed by atoms with Crippen LogP contribution in [0.5, 0.6) is 0 Å². The summed E-state index contributed by atoms with van der Waals surface area (Å²) in [6, 6.07) is 10.3. The summed E-state index contributed by atoms with van der Waals surface area (Å²) in [6.07, 6.45) is 3.89. The van der Waals surface area contributed by atoms with E-state index in [9.17, 15) is 5.11 Å². The molecular formula is C19H25N5O2. The Labute approximate surface area is 153 Å². The molecule has 0 aliphatic carbocycles. The van der Waals surface area contributed by atoms with E-state index < -0.39 is 11.7 Å². The molecule has 138 valence electrons. The molecule has 3 heterocycles. The maximum Gasteiger partial charge on any atom is 0.293 e. The van der Waals surface area contributed by atoms with Gasteiger partial charge in [-0.3, -0.25) is 4.90 Å². The minimum absolute atomic E-state index is 0.560. The van der Waals surface area contributed by atoms with E-state index in [0.29, 0.717) is 19.1 Å². The topological polar surface area (TPSA) is 66.1 Å². The number of aromatic nitrogens is 2. The molecule has 4 rings (SSSR count). The van der Waals surface area contributed by atoms with Gasteiger partial charge in [0, 0.05) is 46.3 Å². The number of likely N-dealkylation sites (N-methyl/N-ethyl adjacent to an activating group) is 1. The van der Waals surface area contributed by atoms with Gasteiger partial charge in [0.05, 0.1) is 24.3 Å². The average Bonchev–Trinajstić information content (AvgIpc) is 3.17. The first kappa shape index (κ1) is 17.1. The quantitative estimate of drug-likeness (QED) is 0.901. The number of hydrogen-bond acceptors (Lipinski definition) is 5. The number of aliphatic hydroxyl groups is 1. The minimum Gasteiger partial charge on any atom is -0.454 e. The Bertz CT molecular complexity index is 790. The van der Waals surface area contributed by atoms with Crippen molar-refractivity contribution in [1.82, 2.24) is 19.4 Å². The molecule has 7 heteroatoms. The van der Waals surface area contributed by atoms with E-state index in [4.69, 9.17) is 4.74 Å². The second-order valence-corrected chi connectivity index (χ2v) is 7.25. The van der Waals surface area contributed by atoms with E-state index in [0.717, 1.165) is 30.9 Å². The van der Waals surface area contributed by atoms with Gasteiger partial charge in [-0.25, -0.2) is 4.98 Å². The zero-order valence-corrected chi connectivity index (χ0v) is 15.2. The summed E-state index contributed by atoms with van der Waals surface area (Å²) in [5, 5.41) is 10.9. The second kappa shape index (κ2) is 6.74. The number of aliphatic imine (C=N–C) groups is 1. The van der Waals surface area contributed by atoms with Crippen molar-refractivity contribution in [2.45, 2.75) is 24.7 Å². The number of aliphatic hydroxyl groups excluding tert-OH is 1. The van der Waals surface area contributed by atoms with Gasteiger partial charge in [0.1, 0.15) is 6.10 Å². The molecule has 0 unspecified atom stereocenters. The lowest BCUT2D eigenvalue weighted by molar-refractivity contribution is -0.0935. The third-order valence-electron chi connectivity index (χ3n) is 5.30. The first-order valence-electron chi connectivity index (χ1n) is 8.95. The number of benzene rings is 1. The van der Waals surface area contributed by atoms with Crippen molar-refractivity contribution < 1.29 is 9.84 Å². The third-order valence-corrected chi connectivity index (χ3v) is 5.30. The number of rotatable bonds is 3. The molecule has 0 bridgehead atoms. The Hall–Kier alpha value is -2.38. The standard InChI is InChI=1S/C19H25N5O2/c1-22-13-19(26-18(22)21-15-6-4-3-5-7-15)8-9-24(12-17(19)25)11-16-10-20-14-23(16)2/h3-7,10,14,17,25H,8-9,11-13H2,1-2H3/t17-,19+/m0/s1. The maximum atomic E-state index is 10.9. The Balaban J connectivity index is 1.45. The molecule has 0 amide bonds. The largest absolute Gasteiger partial charge is 0.454 e. The molecule has 2 atom stereocenters. The average molecular weight is 355 g/mol. The van der Waals surface area contributed by atoms with Crippen molar-refractivity contribution in [3.63, 3.8) is 0 Å². The van der Waals surface area contributed by atoms with Crippen molar-refractivity contribution in [2.75, 3.05) is 26.7 Å². The highest BCUT2D eigenvalue weighted by Crippen LogP contribution is 2.34. The summed E-state index contributed by atoms with van der Waals surface area (Å²) in [5.41, 5.74) is 1.42. The van der Waals surface area contributed by atoms with E-state index in [-0.39, 0.29) is 0 Å². The van der Waals surface area contributed by atoms with E-state index in [1.165, 1.54) is 0 Å². The second-order valence-electron chi connectivity index (χ2n) is 7.25. The highest BCUT2D eigenvalue weighted by atomic mass is 16.6. The van der Waals surface area contributed by atoms with Crippen molar-refractivity contribution in [1.29, 1.82) is 0 Å². The van der Waals surface area contributed by atoms with Crippen molar-refractivity contribution in [2.24, 2.45) is 12.0 Å². The van der Waals surface area contributed by atoms with Gasteiger partial charge in [-0.2, -0.15) is 4.99 Å². The maximum absolute atomic E-state index is 10.9. The van der Waals surface area contributed by atoms with E-state index >= 15 is 0 Å². The monoisotopic (exact) mass is 355 g/mol. The van der Waals surface area contributed by atoms with Crippen LogP contribution in [0.15, 0.2) is 47.8 Å². The SMILES string of the molecule is CN1C[C@@]2(CCN(Cc3cncn3C)C[C@@H]2O)OC1=Nc1ccccc1. The van der Waals surface area contributed by atoms with E-state index in [1.54, 1.807) is 6.33 Å². The molecule has 2 aliphatic heterocycles. The number of amidine groups is 1. The molecule has 1 aromatic carbocycles. The molecule has 2 fully saturated rings. The summed E-state index contributed by atoms with van der Waals surface area (Å²) >= 11 is 0. The lowest BCUT2D eigenvalue weighted by atomic mass is 9.88. The molecule has 1 N–H and O–H groups in total. The summed E-state index contributed by atoms with van der Waals surface area (Å²) in [4.78, 5) is 13.0. The lowest BCUT2D eigenvalue weighted by Crippen LogP contribution is -2.57. The highest BCUT2D eigenvalue weighted by molar-refractivity contribution is 5.79. The zero-order chi connectivity index (χ0) is 18.1. The smallest absolute Gasteiger partial charge is 0.293 e. The van der Waals surface area contributed by atoms with Crippen molar-refractivity contribution >= 4 is 11.7 Å². The Morgan fingerprint density at radius 2 is 2.12 bits per heavy atom. The van der Waals surface area contributed by atoms with E-state index in [2.05, 4.69) is 14.9 Å². The van der Waals surface area contributed by atoms with Gasteiger partial charge in [0.15, 0.2) is 5.60 Å². The highest BCUT2D eigenvalue weighted by Gasteiger charge is 2.50. The first-order chi connectivity index (χ1) is 12.6. The van der Waals surface area contributed by atoms with Crippen LogP contribution in [-0.2, 0) is 18.3 Å². The van der Waals surface area contributed by atoms with Crippen LogP contribution < -0.4 is 0 Å². The number of β-amino-alcohol motifs (C(OH)–C–C–N with tert-alkyl or cyclic N) is 1. The Morgan fingerprint density at radius 1 is 1.31 bits per heavy atom. The van der Waals surface area contributed by atoms with Crippen LogP contribution >= 0.6 is 0 Å². The molecule has 2 aliphatic rings. The van der Waals surface area contributed by atoms with Crippen LogP contribution in [0.3, 0.4) is 0 Å². The van der Waals surface area contributed by atoms with Crippen LogP contribution in [0.1, 0.15) is 12.1 Å². The molecule has 2 saturated heterocycles. The van der Waals surface area contributed by atoms with Gasteiger partial charge in [-0.1, -0.05) is 18.2 Å². The third kappa shape index (κ3) is 3.20. The number of imidazole rings is 1. The number of likely N-dealkylation sites (tertiary alicyclic amines) is 1. The first-order valence-corrected chi connectivity index (χ1v) is 8.95. The molecule has 0 saturated carbocycles. The van der Waals surface area contributed by atoms with Crippen LogP contribution in [-0.4, -0.2) is 68.9 Å². The Kier molecular flexibility index (Phi) is 4.42. The van der Waals surface area contributed by atoms with Crippen LogP contribution in [0.25, 0.3) is 0 Å². The van der Waals surface area contributed by atoms with Gasteiger partial charge < -0.3 is 19.3 Å². The number of aryl methyl sites for hydroxylation is 1. The van der Waals surface area contributed by atoms with Gasteiger partial charge in [0.25, 0.3) is 6.02 Å². The van der Waals surface area contributed by atoms with Crippen LogP contribution in [0.2, 0.25) is 0 Å². The molecule has 2 aromatic rings. The number of ether oxygens (including phenoxy) is 1.